The molecular weight excluding hydrogens is 348 g/mol. The van der Waals surface area contributed by atoms with Crippen molar-refractivity contribution in [3.05, 3.63) is 88.5 Å². The number of hydrogen-bond donors (Lipinski definition) is 1. The van der Waals surface area contributed by atoms with E-state index >= 15 is 0 Å². The molecule has 0 radical (unpaired) electrons. The molecule has 0 atom stereocenters. The lowest BCUT2D eigenvalue weighted by atomic mass is 9.93. The van der Waals surface area contributed by atoms with Gasteiger partial charge in [-0.25, -0.2) is 4.79 Å². The summed E-state index contributed by atoms with van der Waals surface area (Å²) in [6.45, 7) is 6.87. The fourth-order valence-corrected chi connectivity index (χ4v) is 3.38. The predicted octanol–water partition coefficient (Wildman–Crippen LogP) is 5.29. The largest absolute Gasteiger partial charge is 0.489 e. The first-order chi connectivity index (χ1) is 13.4. The van der Waals surface area contributed by atoms with Gasteiger partial charge in [-0.3, -0.25) is 0 Å². The number of carbonyl (C=O) groups is 1. The zero-order valence-corrected chi connectivity index (χ0v) is 16.2. The lowest BCUT2D eigenvalue weighted by molar-refractivity contribution is -0.130. The Bertz CT molecular complexity index is 1040. The summed E-state index contributed by atoms with van der Waals surface area (Å²) in [7, 11) is 0. The zero-order valence-electron chi connectivity index (χ0n) is 16.2. The molecule has 0 bridgehead atoms. The molecule has 3 aromatic rings. The van der Waals surface area contributed by atoms with E-state index in [1.54, 1.807) is 24.3 Å². The Morgan fingerprint density at radius 3 is 2.29 bits per heavy atom. The van der Waals surface area contributed by atoms with Crippen LogP contribution in [0.15, 0.2) is 60.7 Å². The number of aliphatic carboxylic acids is 1. The number of carboxylic acids is 1. The average molecular weight is 370 g/mol. The molecule has 0 unspecified atom stereocenters. The van der Waals surface area contributed by atoms with Crippen molar-refractivity contribution in [1.82, 2.24) is 0 Å². The minimum Gasteiger partial charge on any atom is -0.489 e. The second-order valence-electron chi connectivity index (χ2n) is 6.84. The van der Waals surface area contributed by atoms with Crippen LogP contribution in [-0.2, 0) is 11.4 Å². The van der Waals surface area contributed by atoms with E-state index in [1.165, 1.54) is 27.8 Å². The topological polar surface area (TPSA) is 46.5 Å². The fourth-order valence-electron chi connectivity index (χ4n) is 3.38. The van der Waals surface area contributed by atoms with Gasteiger partial charge in [0.2, 0.25) is 0 Å². The van der Waals surface area contributed by atoms with E-state index in [1.807, 2.05) is 0 Å². The molecule has 0 aromatic heterocycles. The van der Waals surface area contributed by atoms with Crippen molar-refractivity contribution in [3.63, 3.8) is 0 Å². The van der Waals surface area contributed by atoms with Gasteiger partial charge in [0.05, 0.1) is 0 Å². The normalized spacial score (nSPS) is 10.1. The molecular formula is C25H22O3. The van der Waals surface area contributed by atoms with Gasteiger partial charge in [0.1, 0.15) is 12.4 Å². The van der Waals surface area contributed by atoms with Crippen LogP contribution in [0.25, 0.3) is 11.1 Å². The van der Waals surface area contributed by atoms with E-state index in [2.05, 4.69) is 69.0 Å². The summed E-state index contributed by atoms with van der Waals surface area (Å²) >= 11 is 0. The Balaban J connectivity index is 1.74. The smallest absolute Gasteiger partial charge is 0.382 e. The van der Waals surface area contributed by atoms with E-state index in [-0.39, 0.29) is 0 Å². The Morgan fingerprint density at radius 2 is 1.64 bits per heavy atom. The van der Waals surface area contributed by atoms with E-state index in [0.717, 1.165) is 5.56 Å². The summed E-state index contributed by atoms with van der Waals surface area (Å²) in [5, 5.41) is 8.59. The van der Waals surface area contributed by atoms with E-state index in [4.69, 9.17) is 9.84 Å². The van der Waals surface area contributed by atoms with Crippen LogP contribution in [0.3, 0.4) is 0 Å². The predicted molar refractivity (Wildman–Crippen MR) is 111 cm³/mol. The van der Waals surface area contributed by atoms with Crippen LogP contribution in [0.5, 0.6) is 5.75 Å². The van der Waals surface area contributed by atoms with Crippen LogP contribution in [0.2, 0.25) is 0 Å². The highest BCUT2D eigenvalue weighted by atomic mass is 16.5. The van der Waals surface area contributed by atoms with Gasteiger partial charge in [-0.05, 0) is 78.9 Å². The van der Waals surface area contributed by atoms with Gasteiger partial charge in [0.25, 0.3) is 0 Å². The van der Waals surface area contributed by atoms with Gasteiger partial charge in [-0.15, -0.1) is 0 Å². The molecule has 1 N–H and O–H groups in total. The monoisotopic (exact) mass is 370 g/mol. The Labute approximate surface area is 165 Å². The minimum absolute atomic E-state index is 0.456. The second-order valence-corrected chi connectivity index (χ2v) is 6.84. The summed E-state index contributed by atoms with van der Waals surface area (Å²) in [5.74, 6) is 4.26. The molecule has 0 aliphatic rings. The van der Waals surface area contributed by atoms with Crippen molar-refractivity contribution < 1.29 is 14.6 Å². The molecule has 3 aromatic carbocycles. The molecule has 3 nitrogen and oxygen atoms in total. The van der Waals surface area contributed by atoms with Crippen LogP contribution in [0.1, 0.15) is 27.8 Å². The molecule has 0 fully saturated rings. The molecule has 0 saturated carbocycles. The van der Waals surface area contributed by atoms with E-state index < -0.39 is 5.97 Å². The van der Waals surface area contributed by atoms with Gasteiger partial charge < -0.3 is 9.84 Å². The maximum absolute atomic E-state index is 10.5. The summed E-state index contributed by atoms with van der Waals surface area (Å²) in [5.41, 5.74) is 8.01. The molecule has 0 aliphatic heterocycles. The third-order valence-corrected chi connectivity index (χ3v) is 4.47. The first kappa shape index (κ1) is 19.3. The van der Waals surface area contributed by atoms with Crippen LogP contribution >= 0.6 is 0 Å². The van der Waals surface area contributed by atoms with Gasteiger partial charge >= 0.3 is 5.97 Å². The van der Waals surface area contributed by atoms with Crippen LogP contribution in [0, 0.1) is 32.6 Å². The molecule has 3 heteroatoms. The summed E-state index contributed by atoms with van der Waals surface area (Å²) in [4.78, 5) is 10.5. The molecule has 0 spiro atoms. The standard InChI is InChI=1S/C25H22O3/c1-17-13-18(2)25(19(3)14-17)22-6-4-5-21(15-22)16-28-23-10-7-20(8-11-23)9-12-24(26)27/h4-8,10-11,13-15H,16H2,1-3H3,(H,26,27). The molecule has 0 saturated heterocycles. The summed E-state index contributed by atoms with van der Waals surface area (Å²) in [6.07, 6.45) is 0. The molecule has 0 aliphatic carbocycles. The lowest BCUT2D eigenvalue weighted by Gasteiger charge is -2.13. The maximum Gasteiger partial charge on any atom is 0.382 e. The highest BCUT2D eigenvalue weighted by Gasteiger charge is 2.07. The van der Waals surface area contributed by atoms with Crippen molar-refractivity contribution in [2.24, 2.45) is 0 Å². The van der Waals surface area contributed by atoms with Crippen LogP contribution < -0.4 is 4.74 Å². The van der Waals surface area contributed by atoms with Crippen molar-refractivity contribution in [2.75, 3.05) is 0 Å². The molecule has 0 heterocycles. The zero-order chi connectivity index (χ0) is 20.1. The lowest BCUT2D eigenvalue weighted by Crippen LogP contribution is -1.97. The third kappa shape index (κ3) is 4.81. The van der Waals surface area contributed by atoms with E-state index in [0.29, 0.717) is 17.9 Å². The van der Waals surface area contributed by atoms with Crippen LogP contribution in [0.4, 0.5) is 0 Å². The first-order valence-electron chi connectivity index (χ1n) is 9.07. The average Bonchev–Trinajstić information content (AvgIpc) is 2.65. The number of rotatable bonds is 4. The third-order valence-electron chi connectivity index (χ3n) is 4.47. The summed E-state index contributed by atoms with van der Waals surface area (Å²) < 4.78 is 5.88. The Kier molecular flexibility index (Phi) is 5.81. The van der Waals surface area contributed by atoms with Gasteiger partial charge in [-0.2, -0.15) is 0 Å². The molecule has 28 heavy (non-hydrogen) atoms. The maximum atomic E-state index is 10.5. The molecule has 3 rings (SSSR count). The number of ether oxygens (including phenoxy) is 1. The number of benzene rings is 3. The van der Waals surface area contributed by atoms with Crippen molar-refractivity contribution in [1.29, 1.82) is 0 Å². The fraction of sp³-hybridized carbons (Fsp3) is 0.160. The Hall–Kier alpha value is -3.51. The minimum atomic E-state index is -1.14. The quantitative estimate of drug-likeness (QED) is 0.635. The highest BCUT2D eigenvalue weighted by Crippen LogP contribution is 2.29. The second kappa shape index (κ2) is 8.45. The van der Waals surface area contributed by atoms with E-state index in [9.17, 15) is 4.79 Å². The Morgan fingerprint density at radius 1 is 0.964 bits per heavy atom. The van der Waals surface area contributed by atoms with Crippen molar-refractivity contribution >= 4 is 5.97 Å². The number of carboxylic acid groups (broad SMARTS) is 1. The number of aryl methyl sites for hydroxylation is 3. The molecule has 0 amide bonds. The van der Waals surface area contributed by atoms with Crippen molar-refractivity contribution in [2.45, 2.75) is 27.4 Å². The number of hydrogen-bond acceptors (Lipinski definition) is 2. The van der Waals surface area contributed by atoms with Crippen molar-refractivity contribution in [3.8, 4) is 28.7 Å². The molecule has 140 valence electrons. The summed E-state index contributed by atoms with van der Waals surface area (Å²) in [6, 6.07) is 19.9. The van der Waals surface area contributed by atoms with Gasteiger partial charge in [0.15, 0.2) is 0 Å². The highest BCUT2D eigenvalue weighted by molar-refractivity contribution is 5.87. The SMILES string of the molecule is Cc1cc(C)c(-c2cccc(COc3ccc(C#CC(=O)O)cc3)c2)c(C)c1. The van der Waals surface area contributed by atoms with Gasteiger partial charge in [-0.1, -0.05) is 41.8 Å². The first-order valence-corrected chi connectivity index (χ1v) is 9.07. The van der Waals surface area contributed by atoms with Crippen LogP contribution in [-0.4, -0.2) is 11.1 Å². The van der Waals surface area contributed by atoms with Gasteiger partial charge in [0, 0.05) is 11.5 Å².